The van der Waals surface area contributed by atoms with E-state index in [1.807, 2.05) is 36.0 Å². The van der Waals surface area contributed by atoms with Crippen molar-refractivity contribution in [3.63, 3.8) is 0 Å². The molecule has 0 aliphatic heterocycles. The van der Waals surface area contributed by atoms with Gasteiger partial charge in [0, 0.05) is 16.2 Å². The Kier molecular flexibility index (Phi) is 5.51. The molecule has 1 aromatic heterocycles. The molecule has 0 N–H and O–H groups in total. The zero-order valence-electron chi connectivity index (χ0n) is 14.8. The molecular weight excluding hydrogens is 351 g/mol. The number of halogens is 2. The van der Waals surface area contributed by atoms with Crippen LogP contribution in [0.25, 0.3) is 16.8 Å². The van der Waals surface area contributed by atoms with Crippen LogP contribution in [0.15, 0.2) is 48.7 Å². The number of rotatable bonds is 5. The van der Waals surface area contributed by atoms with Gasteiger partial charge >= 0.3 is 0 Å². The summed E-state index contributed by atoms with van der Waals surface area (Å²) in [5.41, 5.74) is 5.55. The van der Waals surface area contributed by atoms with E-state index < -0.39 is 0 Å². The maximum absolute atomic E-state index is 6.18. The molecule has 0 unspecified atom stereocenters. The minimum atomic E-state index is 0.511. The first-order valence-corrected chi connectivity index (χ1v) is 9.40. The summed E-state index contributed by atoms with van der Waals surface area (Å²) in [5.74, 6) is 0.511. The summed E-state index contributed by atoms with van der Waals surface area (Å²) >= 11 is 12.4. The van der Waals surface area contributed by atoms with Crippen LogP contribution < -0.4 is 0 Å². The Hall–Kier alpha value is -1.77. The highest BCUT2D eigenvalue weighted by Gasteiger charge is 2.15. The minimum Gasteiger partial charge on any atom is -0.240 e. The topological polar surface area (TPSA) is 17.8 Å². The van der Waals surface area contributed by atoms with E-state index in [1.165, 1.54) is 5.56 Å². The van der Waals surface area contributed by atoms with Gasteiger partial charge in [0.05, 0.1) is 11.4 Å². The number of benzene rings is 2. The smallest absolute Gasteiger partial charge is 0.0686 e. The molecule has 25 heavy (non-hydrogen) atoms. The van der Waals surface area contributed by atoms with Crippen molar-refractivity contribution in [2.45, 2.75) is 39.5 Å². The summed E-state index contributed by atoms with van der Waals surface area (Å²) in [5, 5.41) is 5.91. The van der Waals surface area contributed by atoms with Crippen molar-refractivity contribution in [1.82, 2.24) is 9.78 Å². The van der Waals surface area contributed by atoms with Crippen LogP contribution in [0, 0.1) is 6.92 Å². The van der Waals surface area contributed by atoms with E-state index in [9.17, 15) is 0 Å². The number of hydrogen-bond donors (Lipinski definition) is 0. The lowest BCUT2D eigenvalue weighted by molar-refractivity contribution is 0.634. The molecule has 0 atom stereocenters. The monoisotopic (exact) mass is 372 g/mol. The molecule has 0 fully saturated rings. The zero-order chi connectivity index (χ0) is 18.0. The van der Waals surface area contributed by atoms with Crippen molar-refractivity contribution in [2.75, 3.05) is 0 Å². The highest BCUT2D eigenvalue weighted by molar-refractivity contribution is 6.35. The Morgan fingerprint density at radius 2 is 1.60 bits per heavy atom. The summed E-state index contributed by atoms with van der Waals surface area (Å²) in [6.07, 6.45) is 4.23. The Labute approximate surface area is 159 Å². The van der Waals surface area contributed by atoms with E-state index in [0.29, 0.717) is 16.0 Å². The molecule has 0 bridgehead atoms. The number of hydrogen-bond acceptors (Lipinski definition) is 1. The van der Waals surface area contributed by atoms with Gasteiger partial charge in [0.1, 0.15) is 0 Å². The van der Waals surface area contributed by atoms with Crippen LogP contribution in [0.4, 0.5) is 0 Å². The fraction of sp³-hybridized carbons (Fsp3) is 0.286. The molecule has 0 saturated carbocycles. The molecule has 0 aliphatic carbocycles. The molecule has 2 aromatic carbocycles. The third kappa shape index (κ3) is 3.91. The van der Waals surface area contributed by atoms with E-state index in [0.717, 1.165) is 35.3 Å². The maximum Gasteiger partial charge on any atom is 0.0686 e. The summed E-state index contributed by atoms with van der Waals surface area (Å²) in [6, 6.07) is 14.2. The predicted molar refractivity (Wildman–Crippen MR) is 107 cm³/mol. The van der Waals surface area contributed by atoms with Gasteiger partial charge in [0.15, 0.2) is 0 Å². The first kappa shape index (κ1) is 18.0. The second kappa shape index (κ2) is 7.63. The van der Waals surface area contributed by atoms with Gasteiger partial charge in [0.25, 0.3) is 0 Å². The quantitative estimate of drug-likeness (QED) is 0.468. The van der Waals surface area contributed by atoms with Gasteiger partial charge in [-0.05, 0) is 72.7 Å². The van der Waals surface area contributed by atoms with Crippen molar-refractivity contribution in [3.05, 3.63) is 70.0 Å². The van der Waals surface area contributed by atoms with Crippen LogP contribution in [0.3, 0.4) is 0 Å². The third-order valence-electron chi connectivity index (χ3n) is 4.62. The van der Waals surface area contributed by atoms with Gasteiger partial charge in [-0.15, -0.1) is 0 Å². The number of nitrogens with zero attached hydrogens (tertiary/aromatic N) is 2. The van der Waals surface area contributed by atoms with Gasteiger partial charge in [-0.25, -0.2) is 4.68 Å². The standard InChI is InChI=1S/C21H22Cl2N2/c1-4-15(5-2)20-7-6-16(17-10-18(22)13-19(23)11-17)12-21(20)25-9-8-14(3)24-25/h6-13,15H,4-5H2,1-3H3. The summed E-state index contributed by atoms with van der Waals surface area (Å²) in [6.45, 7) is 6.47. The first-order valence-electron chi connectivity index (χ1n) is 8.64. The molecule has 130 valence electrons. The summed E-state index contributed by atoms with van der Waals surface area (Å²) < 4.78 is 1.97. The lowest BCUT2D eigenvalue weighted by Gasteiger charge is -2.19. The fourth-order valence-electron chi connectivity index (χ4n) is 3.27. The van der Waals surface area contributed by atoms with Gasteiger partial charge in [-0.3, -0.25) is 0 Å². The van der Waals surface area contributed by atoms with Crippen LogP contribution in [0.1, 0.15) is 43.9 Å². The molecular formula is C21H22Cl2N2. The van der Waals surface area contributed by atoms with Gasteiger partial charge in [-0.1, -0.05) is 49.2 Å². The van der Waals surface area contributed by atoms with E-state index in [1.54, 1.807) is 6.07 Å². The van der Waals surface area contributed by atoms with Crippen LogP contribution >= 0.6 is 23.2 Å². The number of aromatic nitrogens is 2. The maximum atomic E-state index is 6.18. The normalized spacial score (nSPS) is 11.3. The average molecular weight is 373 g/mol. The Balaban J connectivity index is 2.17. The Bertz CT molecular complexity index is 859. The van der Waals surface area contributed by atoms with E-state index in [-0.39, 0.29) is 0 Å². The van der Waals surface area contributed by atoms with E-state index in [4.69, 9.17) is 23.2 Å². The third-order valence-corrected chi connectivity index (χ3v) is 5.06. The molecule has 3 rings (SSSR count). The molecule has 0 radical (unpaired) electrons. The van der Waals surface area contributed by atoms with Crippen molar-refractivity contribution in [3.8, 4) is 16.8 Å². The molecule has 0 saturated heterocycles. The number of aryl methyl sites for hydroxylation is 1. The predicted octanol–water partition coefficient (Wildman–Crippen LogP) is 7.06. The van der Waals surface area contributed by atoms with Gasteiger partial charge in [-0.2, -0.15) is 5.10 Å². The highest BCUT2D eigenvalue weighted by atomic mass is 35.5. The lowest BCUT2D eigenvalue weighted by atomic mass is 9.90. The van der Waals surface area contributed by atoms with Gasteiger partial charge < -0.3 is 0 Å². The van der Waals surface area contributed by atoms with Crippen LogP contribution in [0.2, 0.25) is 10.0 Å². The molecule has 0 aliphatic rings. The molecule has 3 aromatic rings. The van der Waals surface area contributed by atoms with Crippen molar-refractivity contribution in [1.29, 1.82) is 0 Å². The van der Waals surface area contributed by atoms with Crippen molar-refractivity contribution >= 4 is 23.2 Å². The lowest BCUT2D eigenvalue weighted by Crippen LogP contribution is -2.05. The van der Waals surface area contributed by atoms with Crippen LogP contribution in [-0.2, 0) is 0 Å². The summed E-state index contributed by atoms with van der Waals surface area (Å²) in [4.78, 5) is 0. The fourth-order valence-corrected chi connectivity index (χ4v) is 3.79. The average Bonchev–Trinajstić information content (AvgIpc) is 3.01. The second-order valence-corrected chi connectivity index (χ2v) is 7.22. The Morgan fingerprint density at radius 3 is 2.16 bits per heavy atom. The van der Waals surface area contributed by atoms with Crippen molar-refractivity contribution < 1.29 is 0 Å². The van der Waals surface area contributed by atoms with Crippen LogP contribution in [-0.4, -0.2) is 9.78 Å². The molecule has 0 spiro atoms. The van der Waals surface area contributed by atoms with E-state index in [2.05, 4.69) is 37.1 Å². The minimum absolute atomic E-state index is 0.511. The molecule has 0 amide bonds. The largest absolute Gasteiger partial charge is 0.240 e. The molecule has 4 heteroatoms. The van der Waals surface area contributed by atoms with E-state index >= 15 is 0 Å². The van der Waals surface area contributed by atoms with Gasteiger partial charge in [0.2, 0.25) is 0 Å². The summed E-state index contributed by atoms with van der Waals surface area (Å²) in [7, 11) is 0. The molecule has 2 nitrogen and oxygen atoms in total. The van der Waals surface area contributed by atoms with Crippen molar-refractivity contribution in [2.24, 2.45) is 0 Å². The second-order valence-electron chi connectivity index (χ2n) is 6.35. The first-order chi connectivity index (χ1) is 12.0. The molecule has 1 heterocycles. The Morgan fingerprint density at radius 1 is 0.920 bits per heavy atom. The zero-order valence-corrected chi connectivity index (χ0v) is 16.3. The highest BCUT2D eigenvalue weighted by Crippen LogP contribution is 2.34. The SMILES string of the molecule is CCC(CC)c1ccc(-c2cc(Cl)cc(Cl)c2)cc1-n1ccc(C)n1. The van der Waals surface area contributed by atoms with Crippen LogP contribution in [0.5, 0.6) is 0 Å².